The quantitative estimate of drug-likeness (QED) is 0.773. The van der Waals surface area contributed by atoms with Crippen LogP contribution in [0.25, 0.3) is 0 Å². The van der Waals surface area contributed by atoms with Crippen LogP contribution in [0.15, 0.2) is 24.3 Å². The van der Waals surface area contributed by atoms with Gasteiger partial charge in [-0.25, -0.2) is 0 Å². The normalized spacial score (nSPS) is 19.7. The van der Waals surface area contributed by atoms with E-state index in [2.05, 4.69) is 22.8 Å². The Labute approximate surface area is 139 Å². The molecule has 0 aromatic heterocycles. The molecule has 1 amide bonds. The van der Waals surface area contributed by atoms with Crippen molar-refractivity contribution in [1.29, 1.82) is 0 Å². The lowest BCUT2D eigenvalue weighted by Crippen LogP contribution is -2.34. The van der Waals surface area contributed by atoms with Crippen LogP contribution in [0, 0.1) is 11.8 Å². The molecule has 126 valence electrons. The van der Waals surface area contributed by atoms with Gasteiger partial charge in [0.1, 0.15) is 0 Å². The Bertz CT molecular complexity index is 522. The molecule has 0 saturated heterocycles. The topological polar surface area (TPSA) is 50.4 Å². The number of carbonyl (C=O) groups is 1. The molecule has 1 aromatic carbocycles. The number of anilines is 1. The van der Waals surface area contributed by atoms with Gasteiger partial charge in [0, 0.05) is 31.3 Å². The van der Waals surface area contributed by atoms with E-state index in [1.165, 1.54) is 31.2 Å². The number of carbonyl (C=O) groups excluding carboxylic acids is 1. The van der Waals surface area contributed by atoms with Crippen LogP contribution in [0.2, 0.25) is 0 Å². The van der Waals surface area contributed by atoms with Crippen molar-refractivity contribution in [1.82, 2.24) is 5.32 Å². The Morgan fingerprint density at radius 2 is 2.04 bits per heavy atom. The maximum atomic E-state index is 12.2. The minimum absolute atomic E-state index is 0.183. The Balaban J connectivity index is 1.53. The smallest absolute Gasteiger partial charge is 0.227 e. The number of amides is 1. The molecule has 4 nitrogen and oxygen atoms in total. The summed E-state index contributed by atoms with van der Waals surface area (Å²) in [5, 5.41) is 6.68. The van der Waals surface area contributed by atoms with E-state index in [4.69, 9.17) is 4.74 Å². The maximum Gasteiger partial charge on any atom is 0.227 e. The summed E-state index contributed by atoms with van der Waals surface area (Å²) < 4.78 is 5.31. The zero-order chi connectivity index (χ0) is 16.1. The first-order chi connectivity index (χ1) is 11.3. The number of ether oxygens (including phenoxy) is 1. The molecule has 0 heterocycles. The summed E-state index contributed by atoms with van der Waals surface area (Å²) in [6.07, 6.45) is 7.05. The van der Waals surface area contributed by atoms with E-state index in [0.29, 0.717) is 6.04 Å². The van der Waals surface area contributed by atoms with Crippen molar-refractivity contribution < 1.29 is 9.53 Å². The molecule has 2 N–H and O–H groups in total. The lowest BCUT2D eigenvalue weighted by molar-refractivity contribution is -0.119. The number of benzene rings is 1. The summed E-state index contributed by atoms with van der Waals surface area (Å²) in [6, 6.07) is 8.62. The van der Waals surface area contributed by atoms with E-state index in [1.807, 2.05) is 12.1 Å². The van der Waals surface area contributed by atoms with Crippen molar-refractivity contribution in [3.8, 4) is 0 Å². The Morgan fingerprint density at radius 1 is 1.26 bits per heavy atom. The molecule has 0 unspecified atom stereocenters. The molecule has 4 heteroatoms. The monoisotopic (exact) mass is 316 g/mol. The van der Waals surface area contributed by atoms with Crippen molar-refractivity contribution in [3.05, 3.63) is 29.8 Å². The molecular weight excluding hydrogens is 288 g/mol. The summed E-state index contributed by atoms with van der Waals surface area (Å²) in [6.45, 7) is 1.58. The second kappa shape index (κ2) is 7.93. The average Bonchev–Trinajstić information content (AvgIpc) is 3.25. The molecule has 23 heavy (non-hydrogen) atoms. The molecule has 2 saturated carbocycles. The first-order valence-corrected chi connectivity index (χ1v) is 8.88. The molecule has 0 bridgehead atoms. The van der Waals surface area contributed by atoms with Crippen molar-refractivity contribution in [2.24, 2.45) is 11.8 Å². The van der Waals surface area contributed by atoms with Gasteiger partial charge in [-0.15, -0.1) is 0 Å². The number of hydrogen-bond donors (Lipinski definition) is 2. The van der Waals surface area contributed by atoms with E-state index in [-0.39, 0.29) is 11.8 Å². The van der Waals surface area contributed by atoms with Gasteiger partial charge in [0.2, 0.25) is 5.91 Å². The predicted octanol–water partition coefficient (Wildman–Crippen LogP) is 3.33. The third-order valence-electron chi connectivity index (χ3n) is 5.03. The zero-order valence-electron chi connectivity index (χ0n) is 14.0. The van der Waals surface area contributed by atoms with Crippen molar-refractivity contribution in [2.45, 2.75) is 51.1 Å². The highest BCUT2D eigenvalue weighted by Gasteiger charge is 2.30. The second-order valence-corrected chi connectivity index (χ2v) is 6.95. The largest absolute Gasteiger partial charge is 0.383 e. The standard InChI is InChI=1S/C19H28N2O2/c1-23-13-18(15-9-10-15)20-12-14-5-4-8-17(11-14)21-19(22)16-6-2-3-7-16/h4-5,8,11,15-16,18,20H,2-3,6-7,9-10,12-13H2,1H3,(H,21,22)/t18-/m0/s1. The van der Waals surface area contributed by atoms with Gasteiger partial charge in [0.05, 0.1) is 6.61 Å². The molecule has 0 aliphatic heterocycles. The fourth-order valence-corrected chi connectivity index (χ4v) is 3.48. The molecule has 1 atom stereocenters. The van der Waals surface area contributed by atoms with E-state index >= 15 is 0 Å². The number of nitrogens with one attached hydrogen (secondary N) is 2. The average molecular weight is 316 g/mol. The summed E-state index contributed by atoms with van der Waals surface area (Å²) in [4.78, 5) is 12.2. The van der Waals surface area contributed by atoms with Crippen molar-refractivity contribution in [2.75, 3.05) is 19.0 Å². The number of methoxy groups -OCH3 is 1. The highest BCUT2D eigenvalue weighted by Crippen LogP contribution is 2.33. The highest BCUT2D eigenvalue weighted by molar-refractivity contribution is 5.92. The predicted molar refractivity (Wildman–Crippen MR) is 92.3 cm³/mol. The molecule has 2 aliphatic rings. The van der Waals surface area contributed by atoms with Gasteiger partial charge in [-0.1, -0.05) is 25.0 Å². The van der Waals surface area contributed by atoms with Gasteiger partial charge in [0.15, 0.2) is 0 Å². The first-order valence-electron chi connectivity index (χ1n) is 8.88. The Kier molecular flexibility index (Phi) is 5.68. The van der Waals surface area contributed by atoms with Gasteiger partial charge in [0.25, 0.3) is 0 Å². The third-order valence-corrected chi connectivity index (χ3v) is 5.03. The van der Waals surface area contributed by atoms with Gasteiger partial charge in [-0.05, 0) is 49.3 Å². The zero-order valence-corrected chi connectivity index (χ0v) is 14.0. The molecular formula is C19H28N2O2. The maximum absolute atomic E-state index is 12.2. The van der Waals surface area contributed by atoms with E-state index in [0.717, 1.165) is 37.6 Å². The third kappa shape index (κ3) is 4.79. The molecule has 2 fully saturated rings. The SMILES string of the molecule is COC[C@H](NCc1cccc(NC(=O)C2CCCC2)c1)C1CC1. The summed E-state index contributed by atoms with van der Waals surface area (Å²) in [5.41, 5.74) is 2.12. The van der Waals surface area contributed by atoms with Crippen LogP contribution in [-0.4, -0.2) is 25.7 Å². The molecule has 2 aliphatic carbocycles. The van der Waals surface area contributed by atoms with Crippen molar-refractivity contribution in [3.63, 3.8) is 0 Å². The summed E-state index contributed by atoms with van der Waals surface area (Å²) >= 11 is 0. The van der Waals surface area contributed by atoms with Crippen LogP contribution >= 0.6 is 0 Å². The van der Waals surface area contributed by atoms with Crippen LogP contribution in [0.4, 0.5) is 5.69 Å². The molecule has 1 aromatic rings. The van der Waals surface area contributed by atoms with Gasteiger partial charge < -0.3 is 15.4 Å². The van der Waals surface area contributed by atoms with Crippen LogP contribution in [0.5, 0.6) is 0 Å². The van der Waals surface area contributed by atoms with Crippen LogP contribution in [-0.2, 0) is 16.1 Å². The van der Waals surface area contributed by atoms with Crippen LogP contribution in [0.3, 0.4) is 0 Å². The number of rotatable bonds is 8. The fraction of sp³-hybridized carbons (Fsp3) is 0.632. The van der Waals surface area contributed by atoms with Crippen molar-refractivity contribution >= 4 is 11.6 Å². The minimum Gasteiger partial charge on any atom is -0.383 e. The summed E-state index contributed by atoms with van der Waals surface area (Å²) in [5.74, 6) is 1.15. The lowest BCUT2D eigenvalue weighted by atomic mass is 10.1. The lowest BCUT2D eigenvalue weighted by Gasteiger charge is -2.18. The van der Waals surface area contributed by atoms with Gasteiger partial charge >= 0.3 is 0 Å². The van der Waals surface area contributed by atoms with Crippen LogP contribution < -0.4 is 10.6 Å². The Morgan fingerprint density at radius 3 is 2.74 bits per heavy atom. The molecule has 0 spiro atoms. The Hall–Kier alpha value is -1.39. The first kappa shape index (κ1) is 16.5. The number of hydrogen-bond acceptors (Lipinski definition) is 3. The van der Waals surface area contributed by atoms with Crippen LogP contribution in [0.1, 0.15) is 44.1 Å². The highest BCUT2D eigenvalue weighted by atomic mass is 16.5. The fourth-order valence-electron chi connectivity index (χ4n) is 3.48. The van der Waals surface area contributed by atoms with E-state index in [1.54, 1.807) is 7.11 Å². The molecule has 3 rings (SSSR count). The minimum atomic E-state index is 0.183. The second-order valence-electron chi connectivity index (χ2n) is 6.95. The van der Waals surface area contributed by atoms with Gasteiger partial charge in [-0.3, -0.25) is 4.79 Å². The van der Waals surface area contributed by atoms with E-state index < -0.39 is 0 Å². The summed E-state index contributed by atoms with van der Waals surface area (Å²) in [7, 11) is 1.76. The van der Waals surface area contributed by atoms with Gasteiger partial charge in [-0.2, -0.15) is 0 Å². The van der Waals surface area contributed by atoms with E-state index in [9.17, 15) is 4.79 Å². The molecule has 0 radical (unpaired) electrons.